The summed E-state index contributed by atoms with van der Waals surface area (Å²) in [5.41, 5.74) is 1.58. The minimum Gasteiger partial charge on any atom is -0.486 e. The topological polar surface area (TPSA) is 68.3 Å². The van der Waals surface area contributed by atoms with Crippen LogP contribution in [0.5, 0.6) is 5.75 Å². The third-order valence-corrected chi connectivity index (χ3v) is 5.49. The molecule has 2 aromatic heterocycles. The van der Waals surface area contributed by atoms with Crippen LogP contribution >= 0.6 is 0 Å². The van der Waals surface area contributed by atoms with Crippen LogP contribution in [0.3, 0.4) is 0 Å². The summed E-state index contributed by atoms with van der Waals surface area (Å²) < 4.78 is 49.1. The second kappa shape index (κ2) is 9.86. The van der Waals surface area contributed by atoms with E-state index in [1.54, 1.807) is 24.4 Å². The summed E-state index contributed by atoms with van der Waals surface area (Å²) in [4.78, 5) is 9.80. The molecule has 2 aromatic carbocycles. The van der Waals surface area contributed by atoms with Gasteiger partial charge in [0.05, 0.1) is 23.7 Å². The normalized spacial score (nSPS) is 13.0. The molecule has 0 aliphatic rings. The molecule has 4 rings (SSSR count). The molecule has 0 amide bonds. The highest BCUT2D eigenvalue weighted by atomic mass is 19.4. The van der Waals surface area contributed by atoms with E-state index in [1.807, 2.05) is 54.0 Å². The lowest BCUT2D eigenvalue weighted by Crippen LogP contribution is -2.32. The fourth-order valence-corrected chi connectivity index (χ4v) is 3.86. The van der Waals surface area contributed by atoms with Crippen molar-refractivity contribution in [3.63, 3.8) is 0 Å². The number of nitrogens with zero attached hydrogens (tertiary/aromatic N) is 5. The first-order valence-electron chi connectivity index (χ1n) is 10.8. The zero-order valence-electron chi connectivity index (χ0n) is 18.9. The molecule has 34 heavy (non-hydrogen) atoms. The van der Waals surface area contributed by atoms with Gasteiger partial charge >= 0.3 is 6.18 Å². The van der Waals surface area contributed by atoms with Crippen molar-refractivity contribution < 1.29 is 23.0 Å². The molecule has 2 heterocycles. The van der Waals surface area contributed by atoms with Crippen molar-refractivity contribution in [1.29, 1.82) is 0 Å². The lowest BCUT2D eigenvalue weighted by molar-refractivity contribution is -0.147. The quantitative estimate of drug-likeness (QED) is 0.400. The van der Waals surface area contributed by atoms with E-state index in [0.717, 1.165) is 16.0 Å². The summed E-state index contributed by atoms with van der Waals surface area (Å²) in [6.45, 7) is 0.867. The molecule has 0 bridgehead atoms. The Morgan fingerprint density at radius 2 is 1.85 bits per heavy atom. The number of hydrogen-bond acceptors (Lipinski definition) is 5. The van der Waals surface area contributed by atoms with Gasteiger partial charge in [-0.25, -0.2) is 9.97 Å². The van der Waals surface area contributed by atoms with Crippen LogP contribution in [-0.4, -0.2) is 48.8 Å². The highest BCUT2D eigenvalue weighted by molar-refractivity contribution is 5.76. The number of likely N-dealkylation sites (N-methyl/N-ethyl adjacent to an activating group) is 1. The predicted molar refractivity (Wildman–Crippen MR) is 121 cm³/mol. The molecule has 4 aromatic rings. The summed E-state index contributed by atoms with van der Waals surface area (Å²) in [6, 6.07) is 14.0. The molecule has 10 heteroatoms. The fraction of sp³-hybridized carbons (Fsp3) is 0.333. The smallest absolute Gasteiger partial charge is 0.449 e. The largest absolute Gasteiger partial charge is 0.486 e. The molecule has 1 atom stereocenters. The van der Waals surface area contributed by atoms with Crippen molar-refractivity contribution >= 4 is 11.0 Å². The van der Waals surface area contributed by atoms with Gasteiger partial charge in [0.15, 0.2) is 0 Å². The van der Waals surface area contributed by atoms with Crippen molar-refractivity contribution in [3.8, 4) is 5.75 Å². The van der Waals surface area contributed by atoms with E-state index in [-0.39, 0.29) is 18.6 Å². The minimum atomic E-state index is -4.61. The van der Waals surface area contributed by atoms with Crippen molar-refractivity contribution in [2.45, 2.75) is 32.0 Å². The Kier molecular flexibility index (Phi) is 6.90. The van der Waals surface area contributed by atoms with Crippen molar-refractivity contribution in [1.82, 2.24) is 24.0 Å². The number of benzene rings is 2. The Morgan fingerprint density at radius 3 is 2.53 bits per heavy atom. The van der Waals surface area contributed by atoms with Gasteiger partial charge in [0.2, 0.25) is 5.82 Å². The molecular weight excluding hydrogens is 447 g/mol. The molecule has 180 valence electrons. The van der Waals surface area contributed by atoms with Crippen LogP contribution in [0.25, 0.3) is 11.0 Å². The molecule has 0 radical (unpaired) electrons. The van der Waals surface area contributed by atoms with E-state index in [0.29, 0.717) is 24.4 Å². The maximum absolute atomic E-state index is 13.5. The fourth-order valence-electron chi connectivity index (χ4n) is 3.86. The number of aliphatic hydroxyl groups excluding tert-OH is 1. The number of hydrogen-bond donors (Lipinski definition) is 1. The van der Waals surface area contributed by atoms with Gasteiger partial charge in [-0.2, -0.15) is 13.2 Å². The SMILES string of the molecule is CN(Cc1ccc(OCc2nccn2C)cc1)C[C@H](O)Cn1c(C(F)(F)F)nc2ccccc21. The van der Waals surface area contributed by atoms with Crippen LogP contribution in [0, 0.1) is 0 Å². The van der Waals surface area contributed by atoms with Crippen LogP contribution in [0.2, 0.25) is 0 Å². The van der Waals surface area contributed by atoms with E-state index in [1.165, 1.54) is 6.07 Å². The third kappa shape index (κ3) is 5.57. The summed E-state index contributed by atoms with van der Waals surface area (Å²) in [5, 5.41) is 10.6. The molecule has 0 aliphatic carbocycles. The average molecular weight is 473 g/mol. The van der Waals surface area contributed by atoms with Gasteiger partial charge in [-0.15, -0.1) is 0 Å². The lowest BCUT2D eigenvalue weighted by atomic mass is 10.2. The molecule has 1 N–H and O–H groups in total. The molecule has 0 unspecified atom stereocenters. The van der Waals surface area contributed by atoms with E-state index in [4.69, 9.17) is 4.74 Å². The van der Waals surface area contributed by atoms with Crippen molar-refractivity contribution in [3.05, 3.63) is 78.1 Å². The van der Waals surface area contributed by atoms with Crippen molar-refractivity contribution in [2.24, 2.45) is 7.05 Å². The van der Waals surface area contributed by atoms with Gasteiger partial charge in [-0.1, -0.05) is 24.3 Å². The van der Waals surface area contributed by atoms with E-state index >= 15 is 0 Å². The number of aliphatic hydroxyl groups is 1. The van der Waals surface area contributed by atoms with Crippen LogP contribution < -0.4 is 4.74 Å². The van der Waals surface area contributed by atoms with Gasteiger partial charge < -0.3 is 19.0 Å². The average Bonchev–Trinajstić information content (AvgIpc) is 3.36. The van der Waals surface area contributed by atoms with Crippen molar-refractivity contribution in [2.75, 3.05) is 13.6 Å². The van der Waals surface area contributed by atoms with Crippen LogP contribution in [0.1, 0.15) is 17.2 Å². The van der Waals surface area contributed by atoms with Gasteiger partial charge in [-0.3, -0.25) is 4.90 Å². The standard InChI is InChI=1S/C24H26F3N5O2/c1-30(13-17-7-9-19(10-8-17)34-16-22-28-11-12-31(22)2)14-18(33)15-32-21-6-4-3-5-20(21)29-23(32)24(25,26)27/h3-12,18,33H,13-16H2,1-2H3/t18-/m0/s1. The lowest BCUT2D eigenvalue weighted by Gasteiger charge is -2.22. The van der Waals surface area contributed by atoms with Gasteiger partial charge in [-0.05, 0) is 36.9 Å². The Balaban J connectivity index is 1.34. The van der Waals surface area contributed by atoms with Crippen LogP contribution in [0.15, 0.2) is 60.9 Å². The number of aromatic nitrogens is 4. The summed E-state index contributed by atoms with van der Waals surface area (Å²) in [6.07, 6.45) is -2.05. The summed E-state index contributed by atoms with van der Waals surface area (Å²) in [7, 11) is 3.71. The number of alkyl halides is 3. The Hall–Kier alpha value is -3.37. The number of imidazole rings is 2. The predicted octanol–water partition coefficient (Wildman–Crippen LogP) is 3.86. The molecular formula is C24H26F3N5O2. The monoisotopic (exact) mass is 473 g/mol. The molecule has 0 saturated carbocycles. The number of fused-ring (bicyclic) bond motifs is 1. The second-order valence-corrected chi connectivity index (χ2v) is 8.27. The molecule has 0 fully saturated rings. The number of para-hydroxylation sites is 2. The van der Waals surface area contributed by atoms with Gasteiger partial charge in [0.25, 0.3) is 0 Å². The highest BCUT2D eigenvalue weighted by Gasteiger charge is 2.38. The maximum atomic E-state index is 13.5. The first-order chi connectivity index (χ1) is 16.2. The Bertz CT molecular complexity index is 1230. The minimum absolute atomic E-state index is 0.196. The zero-order chi connectivity index (χ0) is 24.3. The van der Waals surface area contributed by atoms with Gasteiger partial charge in [0.1, 0.15) is 18.2 Å². The molecule has 0 spiro atoms. The van der Waals surface area contributed by atoms with Gasteiger partial charge in [0, 0.05) is 32.5 Å². The number of aryl methyl sites for hydroxylation is 1. The Labute approximate surface area is 195 Å². The second-order valence-electron chi connectivity index (χ2n) is 8.27. The van der Waals surface area contributed by atoms with E-state index < -0.39 is 18.1 Å². The number of halogens is 3. The first-order valence-corrected chi connectivity index (χ1v) is 10.8. The maximum Gasteiger partial charge on any atom is 0.449 e. The highest BCUT2D eigenvalue weighted by Crippen LogP contribution is 2.31. The summed E-state index contributed by atoms with van der Waals surface area (Å²) in [5.74, 6) is 0.523. The molecule has 0 saturated heterocycles. The van der Waals surface area contributed by atoms with E-state index in [2.05, 4.69) is 9.97 Å². The molecule has 0 aliphatic heterocycles. The molecule has 7 nitrogen and oxygen atoms in total. The number of ether oxygens (including phenoxy) is 1. The number of rotatable bonds is 9. The third-order valence-electron chi connectivity index (χ3n) is 5.49. The summed E-state index contributed by atoms with van der Waals surface area (Å²) >= 11 is 0. The Morgan fingerprint density at radius 1 is 1.12 bits per heavy atom. The van der Waals surface area contributed by atoms with E-state index in [9.17, 15) is 18.3 Å². The first kappa shape index (κ1) is 23.8. The van der Waals surface area contributed by atoms with Crippen LogP contribution in [-0.2, 0) is 32.9 Å². The zero-order valence-corrected chi connectivity index (χ0v) is 18.9. The van der Waals surface area contributed by atoms with Crippen LogP contribution in [0.4, 0.5) is 13.2 Å².